The van der Waals surface area contributed by atoms with Crippen LogP contribution < -0.4 is 5.32 Å². The Morgan fingerprint density at radius 3 is 2.58 bits per heavy atom. The molecule has 2 aliphatic rings. The minimum atomic E-state index is 0.235. The highest BCUT2D eigenvalue weighted by molar-refractivity contribution is 7.99. The first-order chi connectivity index (χ1) is 9.03. The number of nitrogens with one attached hydrogen (secondary N) is 1. The van der Waals surface area contributed by atoms with E-state index in [0.29, 0.717) is 12.5 Å². The van der Waals surface area contributed by atoms with Crippen molar-refractivity contribution < 1.29 is 4.79 Å². The van der Waals surface area contributed by atoms with Crippen LogP contribution >= 0.6 is 11.8 Å². The summed E-state index contributed by atoms with van der Waals surface area (Å²) >= 11 is 1.95. The van der Waals surface area contributed by atoms with Crippen LogP contribution in [0.4, 0.5) is 0 Å². The third-order valence-corrected chi connectivity index (χ3v) is 5.74. The number of nitrogens with zero attached hydrogens (tertiary/aromatic N) is 2. The Bertz CT molecular complexity index is 312. The lowest BCUT2D eigenvalue weighted by atomic mass is 9.75. The zero-order valence-electron chi connectivity index (χ0n) is 12.4. The average molecular weight is 285 g/mol. The highest BCUT2D eigenvalue weighted by Gasteiger charge is 2.40. The summed E-state index contributed by atoms with van der Waals surface area (Å²) in [6, 6.07) is 0.366. The highest BCUT2D eigenvalue weighted by atomic mass is 32.2. The smallest absolute Gasteiger partial charge is 0.223 e. The van der Waals surface area contributed by atoms with Gasteiger partial charge in [-0.25, -0.2) is 0 Å². The van der Waals surface area contributed by atoms with Crippen molar-refractivity contribution in [2.75, 3.05) is 45.7 Å². The van der Waals surface area contributed by atoms with E-state index < -0.39 is 0 Å². The Labute approximate surface area is 121 Å². The minimum Gasteiger partial charge on any atom is -0.344 e. The first kappa shape index (κ1) is 15.1. The fraction of sp³-hybridized carbons (Fsp3) is 0.929. The molecule has 19 heavy (non-hydrogen) atoms. The van der Waals surface area contributed by atoms with Gasteiger partial charge < -0.3 is 15.1 Å². The van der Waals surface area contributed by atoms with E-state index in [1.165, 1.54) is 25.0 Å². The highest BCUT2D eigenvalue weighted by Crippen LogP contribution is 2.36. The molecule has 5 heteroatoms. The van der Waals surface area contributed by atoms with Crippen LogP contribution in [0.3, 0.4) is 0 Å². The van der Waals surface area contributed by atoms with E-state index in [4.69, 9.17) is 0 Å². The molecule has 2 rings (SSSR count). The van der Waals surface area contributed by atoms with Gasteiger partial charge in [0.2, 0.25) is 5.91 Å². The molecular formula is C14H27N3OS. The predicted octanol–water partition coefficient (Wildman–Crippen LogP) is 1.02. The van der Waals surface area contributed by atoms with Crippen LogP contribution in [0.2, 0.25) is 0 Å². The van der Waals surface area contributed by atoms with Crippen molar-refractivity contribution in [3.63, 3.8) is 0 Å². The second kappa shape index (κ2) is 6.46. The Morgan fingerprint density at radius 1 is 1.37 bits per heavy atom. The summed E-state index contributed by atoms with van der Waals surface area (Å²) in [7, 11) is 6.23. The molecule has 1 atom stereocenters. The normalized spacial score (nSPS) is 26.0. The van der Waals surface area contributed by atoms with Gasteiger partial charge in [-0.05, 0) is 33.4 Å². The molecule has 1 aliphatic heterocycles. The van der Waals surface area contributed by atoms with Gasteiger partial charge in [0.05, 0.1) is 0 Å². The van der Waals surface area contributed by atoms with Crippen molar-refractivity contribution in [1.29, 1.82) is 0 Å². The molecule has 1 saturated carbocycles. The molecule has 1 unspecified atom stereocenters. The molecule has 0 radical (unpaired) electrons. The van der Waals surface area contributed by atoms with Gasteiger partial charge in [-0.3, -0.25) is 4.79 Å². The molecule has 1 amide bonds. The van der Waals surface area contributed by atoms with Crippen LogP contribution in [-0.4, -0.2) is 73.0 Å². The molecule has 1 N–H and O–H groups in total. The second-order valence-corrected chi connectivity index (χ2v) is 7.30. The van der Waals surface area contributed by atoms with Crippen LogP contribution in [0.15, 0.2) is 0 Å². The SMILES string of the molecule is CN(CC1(N(C)C)CCC1)C(=O)CC1CSCCN1. The molecule has 0 aromatic heterocycles. The van der Waals surface area contributed by atoms with Gasteiger partial charge >= 0.3 is 0 Å². The zero-order valence-corrected chi connectivity index (χ0v) is 13.3. The Hall–Kier alpha value is -0.260. The van der Waals surface area contributed by atoms with Gasteiger partial charge in [0.1, 0.15) is 0 Å². The Kier molecular flexibility index (Phi) is 5.15. The van der Waals surface area contributed by atoms with Crippen LogP contribution in [0.1, 0.15) is 25.7 Å². The molecule has 0 bridgehead atoms. The summed E-state index contributed by atoms with van der Waals surface area (Å²) in [5, 5.41) is 3.44. The largest absolute Gasteiger partial charge is 0.344 e. The molecule has 1 heterocycles. The van der Waals surface area contributed by atoms with Crippen molar-refractivity contribution >= 4 is 17.7 Å². The fourth-order valence-corrected chi connectivity index (χ4v) is 3.93. The summed E-state index contributed by atoms with van der Waals surface area (Å²) in [5.74, 6) is 2.52. The zero-order chi connectivity index (χ0) is 13.9. The van der Waals surface area contributed by atoms with Gasteiger partial charge in [-0.2, -0.15) is 11.8 Å². The maximum absolute atomic E-state index is 12.3. The summed E-state index contributed by atoms with van der Waals surface area (Å²) in [4.78, 5) is 16.6. The van der Waals surface area contributed by atoms with Gasteiger partial charge in [0.25, 0.3) is 0 Å². The first-order valence-electron chi connectivity index (χ1n) is 7.26. The lowest BCUT2D eigenvalue weighted by molar-refractivity contribution is -0.133. The van der Waals surface area contributed by atoms with Gasteiger partial charge in [-0.15, -0.1) is 0 Å². The number of rotatable bonds is 5. The predicted molar refractivity (Wildman–Crippen MR) is 81.6 cm³/mol. The summed E-state index contributed by atoms with van der Waals surface area (Å²) in [6.45, 7) is 1.91. The number of hydrogen-bond donors (Lipinski definition) is 1. The van der Waals surface area contributed by atoms with Gasteiger partial charge in [0, 0.05) is 49.6 Å². The maximum atomic E-state index is 12.3. The van der Waals surface area contributed by atoms with E-state index in [0.717, 1.165) is 18.8 Å². The third kappa shape index (κ3) is 3.64. The quantitative estimate of drug-likeness (QED) is 0.818. The lowest BCUT2D eigenvalue weighted by Crippen LogP contribution is -2.57. The molecular weight excluding hydrogens is 258 g/mol. The fourth-order valence-electron chi connectivity index (χ4n) is 2.98. The summed E-state index contributed by atoms with van der Waals surface area (Å²) < 4.78 is 0. The van der Waals surface area contributed by atoms with Crippen molar-refractivity contribution in [2.45, 2.75) is 37.3 Å². The van der Waals surface area contributed by atoms with Gasteiger partial charge in [-0.1, -0.05) is 0 Å². The van der Waals surface area contributed by atoms with Crippen LogP contribution in [-0.2, 0) is 4.79 Å². The van der Waals surface area contributed by atoms with Crippen LogP contribution in [0, 0.1) is 0 Å². The number of likely N-dealkylation sites (N-methyl/N-ethyl adjacent to an activating group) is 2. The van der Waals surface area contributed by atoms with Crippen LogP contribution in [0.5, 0.6) is 0 Å². The van der Waals surface area contributed by atoms with E-state index >= 15 is 0 Å². The molecule has 0 aromatic rings. The van der Waals surface area contributed by atoms with Crippen molar-refractivity contribution in [3.05, 3.63) is 0 Å². The monoisotopic (exact) mass is 285 g/mol. The maximum Gasteiger partial charge on any atom is 0.223 e. The second-order valence-electron chi connectivity index (χ2n) is 6.15. The van der Waals surface area contributed by atoms with E-state index in [1.807, 2.05) is 23.7 Å². The molecule has 4 nitrogen and oxygen atoms in total. The van der Waals surface area contributed by atoms with Crippen molar-refractivity contribution in [1.82, 2.24) is 15.1 Å². The standard InChI is InChI=1S/C14H27N3OS/c1-16(2)14(5-4-6-14)11-17(3)13(18)9-12-10-19-8-7-15-12/h12,15H,4-11H2,1-3H3. The summed E-state index contributed by atoms with van der Waals surface area (Å²) in [6.07, 6.45) is 4.37. The lowest BCUT2D eigenvalue weighted by Gasteiger charge is -2.49. The average Bonchev–Trinajstić information content (AvgIpc) is 2.34. The van der Waals surface area contributed by atoms with Crippen molar-refractivity contribution in [3.8, 4) is 0 Å². The van der Waals surface area contributed by atoms with E-state index in [9.17, 15) is 4.79 Å². The van der Waals surface area contributed by atoms with Crippen molar-refractivity contribution in [2.24, 2.45) is 0 Å². The number of thioether (sulfide) groups is 1. The van der Waals surface area contributed by atoms with Crippen LogP contribution in [0.25, 0.3) is 0 Å². The minimum absolute atomic E-state index is 0.235. The summed E-state index contributed by atoms with van der Waals surface area (Å²) in [5.41, 5.74) is 0.235. The molecule has 1 saturated heterocycles. The van der Waals surface area contributed by atoms with Gasteiger partial charge in [0.15, 0.2) is 0 Å². The molecule has 0 spiro atoms. The van der Waals surface area contributed by atoms with E-state index in [1.54, 1.807) is 0 Å². The topological polar surface area (TPSA) is 35.6 Å². The van der Waals surface area contributed by atoms with E-state index in [2.05, 4.69) is 24.3 Å². The number of hydrogen-bond acceptors (Lipinski definition) is 4. The van der Waals surface area contributed by atoms with E-state index in [-0.39, 0.29) is 11.4 Å². The third-order valence-electron chi connectivity index (χ3n) is 4.61. The molecule has 0 aromatic carbocycles. The Morgan fingerprint density at radius 2 is 2.11 bits per heavy atom. The first-order valence-corrected chi connectivity index (χ1v) is 8.41. The number of amides is 1. The molecule has 2 fully saturated rings. The Balaban J connectivity index is 1.81. The molecule has 1 aliphatic carbocycles. The number of carbonyl (C=O) groups is 1. The number of carbonyl (C=O) groups excluding carboxylic acids is 1. The molecule has 110 valence electrons.